The number of carbonyl (C=O) groups excluding carboxylic acids is 1. The molecule has 0 aliphatic carbocycles. The number of hydrogen-bond donors (Lipinski definition) is 1. The van der Waals surface area contributed by atoms with E-state index in [1.54, 1.807) is 30.1 Å². The number of amides is 1. The lowest BCUT2D eigenvalue weighted by Crippen LogP contribution is -2.19. The summed E-state index contributed by atoms with van der Waals surface area (Å²) in [6.07, 6.45) is 3.68. The number of nitro groups is 1. The van der Waals surface area contributed by atoms with Crippen LogP contribution in [-0.4, -0.2) is 23.3 Å². The second-order valence-electron chi connectivity index (χ2n) is 4.67. The third-order valence-corrected chi connectivity index (χ3v) is 3.77. The average Bonchev–Trinajstić information content (AvgIpc) is 2.56. The van der Waals surface area contributed by atoms with E-state index >= 15 is 0 Å². The van der Waals surface area contributed by atoms with Gasteiger partial charge in [-0.15, -0.1) is 11.8 Å². The lowest BCUT2D eigenvalue weighted by Gasteiger charge is -2.01. The summed E-state index contributed by atoms with van der Waals surface area (Å²) in [4.78, 5) is 23.0. The van der Waals surface area contributed by atoms with E-state index < -0.39 is 4.92 Å². The van der Waals surface area contributed by atoms with Gasteiger partial charge in [-0.3, -0.25) is 14.9 Å². The van der Waals surface area contributed by atoms with Gasteiger partial charge in [0.15, 0.2) is 0 Å². The van der Waals surface area contributed by atoms with Gasteiger partial charge in [0, 0.05) is 17.0 Å². The zero-order valence-electron chi connectivity index (χ0n) is 12.4. The average molecular weight is 329 g/mol. The van der Waals surface area contributed by atoms with E-state index in [1.165, 1.54) is 12.1 Å². The Labute approximate surface area is 137 Å². The molecule has 23 heavy (non-hydrogen) atoms. The van der Waals surface area contributed by atoms with Crippen molar-refractivity contribution in [2.45, 2.75) is 11.3 Å². The first-order chi connectivity index (χ1) is 11.1. The van der Waals surface area contributed by atoms with E-state index in [2.05, 4.69) is 10.5 Å². The standard InChI is InChI=1S/C16H15N3O3S/c1-23-15-8-4-13(5-9-15)11-17-18-16(20)10-12-2-6-14(7-3-12)19(21)22/h2-9,11H,10H2,1H3,(H,18,20). The molecule has 7 heteroatoms. The van der Waals surface area contributed by atoms with Gasteiger partial charge in [0.1, 0.15) is 0 Å². The molecule has 0 saturated heterocycles. The molecular weight excluding hydrogens is 314 g/mol. The first kappa shape index (κ1) is 16.7. The number of hydrogen-bond acceptors (Lipinski definition) is 5. The van der Waals surface area contributed by atoms with Crippen molar-refractivity contribution in [3.05, 3.63) is 69.8 Å². The monoisotopic (exact) mass is 329 g/mol. The van der Waals surface area contributed by atoms with Crippen LogP contribution in [-0.2, 0) is 11.2 Å². The van der Waals surface area contributed by atoms with Crippen molar-refractivity contribution >= 4 is 29.6 Å². The lowest BCUT2D eigenvalue weighted by atomic mass is 10.1. The van der Waals surface area contributed by atoms with Crippen LogP contribution in [0, 0.1) is 10.1 Å². The van der Waals surface area contributed by atoms with E-state index in [4.69, 9.17) is 0 Å². The Bertz CT molecular complexity index is 712. The Hall–Kier alpha value is -2.67. The molecular formula is C16H15N3O3S. The Morgan fingerprint density at radius 1 is 1.22 bits per heavy atom. The van der Waals surface area contributed by atoms with Crippen LogP contribution in [0.2, 0.25) is 0 Å². The summed E-state index contributed by atoms with van der Waals surface area (Å²) in [5.41, 5.74) is 4.01. The largest absolute Gasteiger partial charge is 0.273 e. The molecule has 0 atom stereocenters. The summed E-state index contributed by atoms with van der Waals surface area (Å²) in [6.45, 7) is 0. The van der Waals surface area contributed by atoms with Crippen LogP contribution in [0.4, 0.5) is 5.69 Å². The molecule has 0 radical (unpaired) electrons. The highest BCUT2D eigenvalue weighted by Gasteiger charge is 2.06. The highest BCUT2D eigenvalue weighted by Crippen LogP contribution is 2.14. The molecule has 6 nitrogen and oxygen atoms in total. The fourth-order valence-corrected chi connectivity index (χ4v) is 2.24. The van der Waals surface area contributed by atoms with Crippen molar-refractivity contribution in [2.75, 3.05) is 6.26 Å². The lowest BCUT2D eigenvalue weighted by molar-refractivity contribution is -0.384. The summed E-state index contributed by atoms with van der Waals surface area (Å²) >= 11 is 1.65. The van der Waals surface area contributed by atoms with Gasteiger partial charge in [0.05, 0.1) is 17.6 Å². The molecule has 1 amide bonds. The van der Waals surface area contributed by atoms with Crippen molar-refractivity contribution in [1.82, 2.24) is 5.43 Å². The molecule has 0 aromatic heterocycles. The molecule has 0 fully saturated rings. The van der Waals surface area contributed by atoms with E-state index in [0.717, 1.165) is 10.5 Å². The highest BCUT2D eigenvalue weighted by molar-refractivity contribution is 7.98. The molecule has 0 unspecified atom stereocenters. The predicted molar refractivity (Wildman–Crippen MR) is 90.8 cm³/mol. The van der Waals surface area contributed by atoms with Gasteiger partial charge in [-0.05, 0) is 29.5 Å². The smallest absolute Gasteiger partial charge is 0.269 e. The second kappa shape index (κ2) is 8.09. The summed E-state index contributed by atoms with van der Waals surface area (Å²) in [6, 6.07) is 13.6. The van der Waals surface area contributed by atoms with Crippen LogP contribution in [0.15, 0.2) is 58.5 Å². The highest BCUT2D eigenvalue weighted by atomic mass is 32.2. The Kier molecular flexibility index (Phi) is 5.87. The number of non-ortho nitro benzene ring substituents is 1. The quantitative estimate of drug-likeness (QED) is 0.382. The minimum absolute atomic E-state index is 0.000804. The Morgan fingerprint density at radius 3 is 2.43 bits per heavy atom. The summed E-state index contributed by atoms with van der Waals surface area (Å²) in [7, 11) is 0. The van der Waals surface area contributed by atoms with Crippen LogP contribution in [0.5, 0.6) is 0 Å². The number of nitro benzene ring substituents is 1. The fraction of sp³-hybridized carbons (Fsp3) is 0.125. The van der Waals surface area contributed by atoms with Gasteiger partial charge < -0.3 is 0 Å². The molecule has 0 spiro atoms. The van der Waals surface area contributed by atoms with E-state index in [9.17, 15) is 14.9 Å². The minimum atomic E-state index is -0.476. The fourth-order valence-electron chi connectivity index (χ4n) is 1.83. The first-order valence-electron chi connectivity index (χ1n) is 6.78. The number of nitrogens with zero attached hydrogens (tertiary/aromatic N) is 2. The molecule has 0 heterocycles. The maximum atomic E-state index is 11.8. The summed E-state index contributed by atoms with van der Waals surface area (Å²) < 4.78 is 0. The van der Waals surface area contributed by atoms with E-state index in [1.807, 2.05) is 30.5 Å². The molecule has 0 aliphatic heterocycles. The summed E-state index contributed by atoms with van der Waals surface area (Å²) in [5.74, 6) is -0.282. The first-order valence-corrected chi connectivity index (χ1v) is 8.00. The Balaban J connectivity index is 1.86. The molecule has 1 N–H and O–H groups in total. The third-order valence-electron chi connectivity index (χ3n) is 3.03. The number of benzene rings is 2. The molecule has 0 saturated carbocycles. The normalized spacial score (nSPS) is 10.7. The number of thioether (sulfide) groups is 1. The molecule has 2 aromatic rings. The van der Waals surface area contributed by atoms with Crippen molar-refractivity contribution < 1.29 is 9.72 Å². The molecule has 2 aromatic carbocycles. The van der Waals surface area contributed by atoms with Crippen LogP contribution in [0.1, 0.15) is 11.1 Å². The topological polar surface area (TPSA) is 84.6 Å². The van der Waals surface area contributed by atoms with Crippen molar-refractivity contribution in [2.24, 2.45) is 5.10 Å². The van der Waals surface area contributed by atoms with Gasteiger partial charge in [0.25, 0.3) is 5.69 Å². The van der Waals surface area contributed by atoms with Crippen molar-refractivity contribution in [3.63, 3.8) is 0 Å². The molecule has 2 rings (SSSR count). The van der Waals surface area contributed by atoms with E-state index in [-0.39, 0.29) is 18.0 Å². The third kappa shape index (κ3) is 5.23. The van der Waals surface area contributed by atoms with Gasteiger partial charge in [-0.2, -0.15) is 5.10 Å². The molecule has 118 valence electrons. The van der Waals surface area contributed by atoms with Crippen LogP contribution >= 0.6 is 11.8 Å². The van der Waals surface area contributed by atoms with Crippen LogP contribution < -0.4 is 5.43 Å². The maximum absolute atomic E-state index is 11.8. The molecule has 0 bridgehead atoms. The maximum Gasteiger partial charge on any atom is 0.269 e. The van der Waals surface area contributed by atoms with Gasteiger partial charge >= 0.3 is 0 Å². The SMILES string of the molecule is CSc1ccc(C=NNC(=O)Cc2ccc([N+](=O)[O-])cc2)cc1. The van der Waals surface area contributed by atoms with Gasteiger partial charge in [0.2, 0.25) is 5.91 Å². The number of rotatable bonds is 6. The number of hydrazone groups is 1. The zero-order chi connectivity index (χ0) is 16.7. The number of carbonyl (C=O) groups is 1. The van der Waals surface area contributed by atoms with E-state index in [0.29, 0.717) is 5.56 Å². The van der Waals surface area contributed by atoms with Gasteiger partial charge in [-0.25, -0.2) is 5.43 Å². The molecule has 0 aliphatic rings. The zero-order valence-corrected chi connectivity index (χ0v) is 13.2. The van der Waals surface area contributed by atoms with Crippen LogP contribution in [0.3, 0.4) is 0 Å². The van der Waals surface area contributed by atoms with Crippen molar-refractivity contribution in [3.8, 4) is 0 Å². The summed E-state index contributed by atoms with van der Waals surface area (Å²) in [5, 5.41) is 14.5. The Morgan fingerprint density at radius 2 is 1.87 bits per heavy atom. The second-order valence-corrected chi connectivity index (χ2v) is 5.55. The number of nitrogens with one attached hydrogen (secondary N) is 1. The van der Waals surface area contributed by atoms with Crippen molar-refractivity contribution in [1.29, 1.82) is 0 Å². The predicted octanol–water partition coefficient (Wildman–Crippen LogP) is 3.01. The minimum Gasteiger partial charge on any atom is -0.273 e. The van der Waals surface area contributed by atoms with Gasteiger partial charge in [-0.1, -0.05) is 24.3 Å². The van der Waals surface area contributed by atoms with Crippen LogP contribution in [0.25, 0.3) is 0 Å².